The Labute approximate surface area is 105 Å². The second kappa shape index (κ2) is 4.68. The van der Waals surface area contributed by atoms with E-state index in [1.54, 1.807) is 30.5 Å². The lowest BCUT2D eigenvalue weighted by Crippen LogP contribution is -2.04. The Balaban J connectivity index is 2.44. The molecule has 1 aromatic carbocycles. The molecular weight excluding hydrogens is 234 g/mol. The number of hydrogen-bond donors (Lipinski definition) is 0. The zero-order valence-electron chi connectivity index (χ0n) is 9.70. The summed E-state index contributed by atoms with van der Waals surface area (Å²) in [5, 5.41) is 0.607. The number of pyridine rings is 1. The zero-order valence-corrected chi connectivity index (χ0v) is 10.5. The molecule has 86 valence electrons. The zero-order chi connectivity index (χ0) is 12.4. The SMILES string of the molecule is Cc1ccc(C(=O)c2cccc(Cl)c2C)cn1. The van der Waals surface area contributed by atoms with Gasteiger partial charge in [0, 0.05) is 28.0 Å². The molecule has 0 saturated heterocycles. The molecule has 17 heavy (non-hydrogen) atoms. The average Bonchev–Trinajstić information content (AvgIpc) is 2.33. The van der Waals surface area contributed by atoms with Crippen LogP contribution in [0.1, 0.15) is 27.2 Å². The van der Waals surface area contributed by atoms with Gasteiger partial charge in [0.25, 0.3) is 0 Å². The van der Waals surface area contributed by atoms with Gasteiger partial charge in [-0.3, -0.25) is 9.78 Å². The highest BCUT2D eigenvalue weighted by Gasteiger charge is 2.13. The molecule has 0 amide bonds. The summed E-state index contributed by atoms with van der Waals surface area (Å²) in [5.74, 6) is -0.0440. The first kappa shape index (κ1) is 11.8. The van der Waals surface area contributed by atoms with Crippen molar-refractivity contribution in [3.8, 4) is 0 Å². The van der Waals surface area contributed by atoms with Crippen molar-refractivity contribution < 1.29 is 4.79 Å². The predicted molar refractivity (Wildman–Crippen MR) is 68.6 cm³/mol. The fourth-order valence-corrected chi connectivity index (χ4v) is 1.79. The van der Waals surface area contributed by atoms with Crippen LogP contribution in [-0.4, -0.2) is 10.8 Å². The fourth-order valence-electron chi connectivity index (χ4n) is 1.61. The molecule has 0 aliphatic heterocycles. The second-order valence-electron chi connectivity index (χ2n) is 3.93. The number of nitrogens with zero attached hydrogens (tertiary/aromatic N) is 1. The van der Waals surface area contributed by atoms with Crippen LogP contribution in [0.4, 0.5) is 0 Å². The van der Waals surface area contributed by atoms with Gasteiger partial charge in [0.1, 0.15) is 0 Å². The minimum Gasteiger partial charge on any atom is -0.289 e. The fraction of sp³-hybridized carbons (Fsp3) is 0.143. The lowest BCUT2D eigenvalue weighted by atomic mass is 10.0. The standard InChI is InChI=1S/C14H12ClNO/c1-9-6-7-11(8-16-9)14(17)12-4-3-5-13(15)10(12)2/h3-8H,1-2H3. The lowest BCUT2D eigenvalue weighted by Gasteiger charge is -2.06. The molecule has 2 rings (SSSR count). The van der Waals surface area contributed by atoms with Crippen LogP contribution in [0, 0.1) is 13.8 Å². The summed E-state index contributed by atoms with van der Waals surface area (Å²) in [6.45, 7) is 3.73. The van der Waals surface area contributed by atoms with Crippen molar-refractivity contribution in [2.24, 2.45) is 0 Å². The number of carbonyl (C=O) groups excluding carboxylic acids is 1. The summed E-state index contributed by atoms with van der Waals surface area (Å²) < 4.78 is 0. The van der Waals surface area contributed by atoms with Crippen LogP contribution in [0.2, 0.25) is 5.02 Å². The van der Waals surface area contributed by atoms with Crippen molar-refractivity contribution in [3.05, 3.63) is 63.9 Å². The maximum atomic E-state index is 12.2. The molecule has 0 aliphatic carbocycles. The molecule has 0 atom stereocenters. The van der Waals surface area contributed by atoms with Gasteiger partial charge >= 0.3 is 0 Å². The topological polar surface area (TPSA) is 30.0 Å². The average molecular weight is 246 g/mol. The van der Waals surface area contributed by atoms with E-state index >= 15 is 0 Å². The minimum atomic E-state index is -0.0440. The van der Waals surface area contributed by atoms with E-state index in [0.717, 1.165) is 11.3 Å². The molecule has 0 bridgehead atoms. The van der Waals surface area contributed by atoms with E-state index in [4.69, 9.17) is 11.6 Å². The summed E-state index contributed by atoms with van der Waals surface area (Å²) >= 11 is 6.00. The molecule has 1 heterocycles. The number of ketones is 1. The number of hydrogen-bond acceptors (Lipinski definition) is 2. The number of carbonyl (C=O) groups is 1. The molecule has 0 saturated carbocycles. The van der Waals surface area contributed by atoms with Crippen molar-refractivity contribution in [1.29, 1.82) is 0 Å². The van der Waals surface area contributed by atoms with Gasteiger partial charge in [0.15, 0.2) is 5.78 Å². The summed E-state index contributed by atoms with van der Waals surface area (Å²) in [6.07, 6.45) is 1.60. The van der Waals surface area contributed by atoms with E-state index in [0.29, 0.717) is 16.1 Å². The smallest absolute Gasteiger partial charge is 0.194 e. The van der Waals surface area contributed by atoms with Crippen LogP contribution in [0.15, 0.2) is 36.5 Å². The van der Waals surface area contributed by atoms with E-state index in [-0.39, 0.29) is 5.78 Å². The first-order valence-corrected chi connectivity index (χ1v) is 5.70. The van der Waals surface area contributed by atoms with Gasteiger partial charge < -0.3 is 0 Å². The molecule has 0 radical (unpaired) electrons. The maximum absolute atomic E-state index is 12.2. The van der Waals surface area contributed by atoms with Crippen molar-refractivity contribution in [1.82, 2.24) is 4.98 Å². The highest BCUT2D eigenvalue weighted by Crippen LogP contribution is 2.21. The third-order valence-electron chi connectivity index (χ3n) is 2.69. The van der Waals surface area contributed by atoms with Crippen molar-refractivity contribution >= 4 is 17.4 Å². The Morgan fingerprint density at radius 3 is 2.59 bits per heavy atom. The first-order valence-electron chi connectivity index (χ1n) is 5.32. The van der Waals surface area contributed by atoms with Crippen molar-refractivity contribution in [2.75, 3.05) is 0 Å². The highest BCUT2D eigenvalue weighted by atomic mass is 35.5. The number of halogens is 1. The van der Waals surface area contributed by atoms with E-state index < -0.39 is 0 Å². The number of benzene rings is 1. The molecule has 0 spiro atoms. The molecule has 0 fully saturated rings. The van der Waals surface area contributed by atoms with Gasteiger partial charge in [-0.1, -0.05) is 23.7 Å². The van der Waals surface area contributed by atoms with E-state index in [1.807, 2.05) is 19.9 Å². The van der Waals surface area contributed by atoms with Gasteiger partial charge in [0.2, 0.25) is 0 Å². The number of aryl methyl sites for hydroxylation is 1. The van der Waals surface area contributed by atoms with Crippen LogP contribution in [0.5, 0.6) is 0 Å². The molecular formula is C14H12ClNO. The van der Waals surface area contributed by atoms with Crippen molar-refractivity contribution in [3.63, 3.8) is 0 Å². The highest BCUT2D eigenvalue weighted by molar-refractivity contribution is 6.32. The summed E-state index contributed by atoms with van der Waals surface area (Å²) in [6, 6.07) is 8.95. The molecule has 3 heteroatoms. The molecule has 0 unspecified atom stereocenters. The predicted octanol–water partition coefficient (Wildman–Crippen LogP) is 3.58. The minimum absolute atomic E-state index is 0.0440. The van der Waals surface area contributed by atoms with Crippen LogP contribution >= 0.6 is 11.6 Å². The molecule has 2 aromatic rings. The van der Waals surface area contributed by atoms with E-state index in [2.05, 4.69) is 4.98 Å². The van der Waals surface area contributed by atoms with E-state index in [1.165, 1.54) is 0 Å². The van der Waals surface area contributed by atoms with Crippen LogP contribution < -0.4 is 0 Å². The molecule has 0 aliphatic rings. The normalized spacial score (nSPS) is 10.3. The molecule has 1 aromatic heterocycles. The Morgan fingerprint density at radius 1 is 1.18 bits per heavy atom. The van der Waals surface area contributed by atoms with Gasteiger partial charge in [0.05, 0.1) is 0 Å². The van der Waals surface area contributed by atoms with Gasteiger partial charge in [-0.15, -0.1) is 0 Å². The van der Waals surface area contributed by atoms with Gasteiger partial charge in [-0.05, 0) is 37.6 Å². The van der Waals surface area contributed by atoms with Crippen LogP contribution in [0.25, 0.3) is 0 Å². The monoisotopic (exact) mass is 245 g/mol. The van der Waals surface area contributed by atoms with E-state index in [9.17, 15) is 4.79 Å². The third-order valence-corrected chi connectivity index (χ3v) is 3.10. The van der Waals surface area contributed by atoms with Crippen LogP contribution in [0.3, 0.4) is 0 Å². The number of aromatic nitrogens is 1. The summed E-state index contributed by atoms with van der Waals surface area (Å²) in [5.41, 5.74) is 2.91. The van der Waals surface area contributed by atoms with Gasteiger partial charge in [-0.2, -0.15) is 0 Å². The molecule has 2 nitrogen and oxygen atoms in total. The third kappa shape index (κ3) is 2.37. The summed E-state index contributed by atoms with van der Waals surface area (Å²) in [4.78, 5) is 16.4. The van der Waals surface area contributed by atoms with Crippen LogP contribution in [-0.2, 0) is 0 Å². The summed E-state index contributed by atoms with van der Waals surface area (Å²) in [7, 11) is 0. The lowest BCUT2D eigenvalue weighted by molar-refractivity contribution is 0.103. The first-order chi connectivity index (χ1) is 8.09. The largest absolute Gasteiger partial charge is 0.289 e. The van der Waals surface area contributed by atoms with Gasteiger partial charge in [-0.25, -0.2) is 0 Å². The Morgan fingerprint density at radius 2 is 1.94 bits per heavy atom. The Bertz CT molecular complexity index is 561. The quantitative estimate of drug-likeness (QED) is 0.757. The second-order valence-corrected chi connectivity index (χ2v) is 4.34. The number of rotatable bonds is 2. The Hall–Kier alpha value is -1.67. The maximum Gasteiger partial charge on any atom is 0.194 e. The Kier molecular flexibility index (Phi) is 3.25. The van der Waals surface area contributed by atoms with Crippen molar-refractivity contribution in [2.45, 2.75) is 13.8 Å². The molecule has 0 N–H and O–H groups in total.